The van der Waals surface area contributed by atoms with Crippen LogP contribution in [0.25, 0.3) is 0 Å². The average Bonchev–Trinajstić information content (AvgIpc) is 3.60. The van der Waals surface area contributed by atoms with E-state index in [1.807, 2.05) is 43.3 Å². The van der Waals surface area contributed by atoms with Gasteiger partial charge in [-0.25, -0.2) is 4.79 Å². The number of hydrogen-bond donors (Lipinski definition) is 1. The maximum absolute atomic E-state index is 13.5. The maximum Gasteiger partial charge on any atom is 0.338 e. The number of aryl methyl sites for hydroxylation is 1. The number of fused-ring (bicyclic) bond motifs is 5. The topological polar surface area (TPSA) is 92.8 Å². The predicted molar refractivity (Wildman–Crippen MR) is 141 cm³/mol. The minimum atomic E-state index is -0.656. The monoisotopic (exact) mass is 508 g/mol. The number of anilines is 2. The van der Waals surface area contributed by atoms with Crippen molar-refractivity contribution in [3.63, 3.8) is 0 Å². The molecule has 3 amide bonds. The molecule has 5 atom stereocenters. The van der Waals surface area contributed by atoms with Crippen LogP contribution in [0.3, 0.4) is 0 Å². The van der Waals surface area contributed by atoms with Crippen molar-refractivity contribution in [1.29, 1.82) is 0 Å². The third-order valence-electron chi connectivity index (χ3n) is 8.36. The number of benzene rings is 3. The molecule has 2 bridgehead atoms. The number of nitrogens with one attached hydrogen (secondary N) is 1. The van der Waals surface area contributed by atoms with Gasteiger partial charge in [-0.15, -0.1) is 0 Å². The molecule has 1 heterocycles. The van der Waals surface area contributed by atoms with Crippen LogP contribution in [0.4, 0.5) is 11.4 Å². The van der Waals surface area contributed by atoms with Crippen molar-refractivity contribution in [2.45, 2.75) is 25.7 Å². The van der Waals surface area contributed by atoms with Gasteiger partial charge in [0.25, 0.3) is 5.91 Å². The number of imide groups is 1. The smallest absolute Gasteiger partial charge is 0.338 e. The molecule has 6 rings (SSSR count). The van der Waals surface area contributed by atoms with Gasteiger partial charge in [0, 0.05) is 5.69 Å². The van der Waals surface area contributed by atoms with E-state index in [-0.39, 0.29) is 41.0 Å². The lowest BCUT2D eigenvalue weighted by Gasteiger charge is -2.28. The number of hydrogen-bond acceptors (Lipinski definition) is 5. The van der Waals surface area contributed by atoms with Gasteiger partial charge in [0.15, 0.2) is 6.61 Å². The van der Waals surface area contributed by atoms with E-state index < -0.39 is 18.5 Å². The maximum atomic E-state index is 13.5. The summed E-state index contributed by atoms with van der Waals surface area (Å²) >= 11 is 0. The Morgan fingerprint density at radius 2 is 1.55 bits per heavy atom. The Labute approximate surface area is 220 Å². The predicted octanol–water partition coefficient (Wildman–Crippen LogP) is 4.72. The van der Waals surface area contributed by atoms with E-state index in [2.05, 4.69) is 17.4 Å². The zero-order chi connectivity index (χ0) is 26.4. The van der Waals surface area contributed by atoms with Gasteiger partial charge >= 0.3 is 5.97 Å². The number of rotatable bonds is 6. The van der Waals surface area contributed by atoms with Gasteiger partial charge < -0.3 is 10.1 Å². The molecule has 3 aliphatic rings. The highest BCUT2D eigenvalue weighted by atomic mass is 16.5. The third kappa shape index (κ3) is 4.08. The van der Waals surface area contributed by atoms with Crippen LogP contribution in [0.1, 0.15) is 40.2 Å². The first-order valence-corrected chi connectivity index (χ1v) is 13.0. The van der Waals surface area contributed by atoms with E-state index in [9.17, 15) is 19.2 Å². The van der Waals surface area contributed by atoms with E-state index in [4.69, 9.17) is 4.74 Å². The summed E-state index contributed by atoms with van der Waals surface area (Å²) in [6, 6.07) is 23.8. The fourth-order valence-corrected chi connectivity index (χ4v) is 6.66. The number of carbonyl (C=O) groups is 4. The average molecular weight is 509 g/mol. The van der Waals surface area contributed by atoms with Crippen LogP contribution in [-0.2, 0) is 19.1 Å². The van der Waals surface area contributed by atoms with Gasteiger partial charge in [0.05, 0.1) is 23.1 Å². The second kappa shape index (κ2) is 9.56. The normalized spacial score (nSPS) is 25.4. The molecule has 0 radical (unpaired) electrons. The number of para-hydroxylation sites is 1. The summed E-state index contributed by atoms with van der Waals surface area (Å²) in [7, 11) is 0. The highest BCUT2D eigenvalue weighted by Crippen LogP contribution is 2.61. The lowest BCUT2D eigenvalue weighted by atomic mass is 9.73. The minimum Gasteiger partial charge on any atom is -0.452 e. The Morgan fingerprint density at radius 3 is 2.29 bits per heavy atom. The summed E-state index contributed by atoms with van der Waals surface area (Å²) in [5, 5.41) is 2.72. The zero-order valence-electron chi connectivity index (χ0n) is 21.0. The quantitative estimate of drug-likeness (QED) is 0.384. The largest absolute Gasteiger partial charge is 0.452 e. The Hall–Kier alpha value is -4.26. The summed E-state index contributed by atoms with van der Waals surface area (Å²) in [5.41, 5.74) is 3.50. The molecule has 1 saturated heterocycles. The number of nitrogens with zero attached hydrogens (tertiary/aromatic N) is 1. The number of esters is 1. The molecule has 0 aromatic heterocycles. The second-order valence-electron chi connectivity index (χ2n) is 10.5. The number of ether oxygens (including phenoxy) is 1. The van der Waals surface area contributed by atoms with Crippen molar-refractivity contribution >= 4 is 35.1 Å². The molecule has 38 heavy (non-hydrogen) atoms. The van der Waals surface area contributed by atoms with Crippen molar-refractivity contribution in [3.8, 4) is 0 Å². The van der Waals surface area contributed by atoms with Crippen LogP contribution < -0.4 is 10.2 Å². The van der Waals surface area contributed by atoms with Crippen LogP contribution in [0, 0.1) is 30.6 Å². The van der Waals surface area contributed by atoms with Crippen molar-refractivity contribution in [2.24, 2.45) is 23.7 Å². The molecule has 0 spiro atoms. The number of carbonyl (C=O) groups excluding carboxylic acids is 4. The minimum absolute atomic E-state index is 0.137. The highest BCUT2D eigenvalue weighted by Gasteiger charge is 2.64. The molecule has 7 nitrogen and oxygen atoms in total. The van der Waals surface area contributed by atoms with Gasteiger partial charge in [-0.2, -0.15) is 0 Å². The molecular weight excluding hydrogens is 480 g/mol. The summed E-state index contributed by atoms with van der Waals surface area (Å²) in [6.45, 7) is 1.45. The fourth-order valence-electron chi connectivity index (χ4n) is 6.66. The molecule has 2 saturated carbocycles. The van der Waals surface area contributed by atoms with E-state index in [0.29, 0.717) is 17.3 Å². The standard InChI is InChI=1S/C31H28N2O5/c1-18-7-5-6-10-25(18)32-26(34)17-38-31(37)20-11-13-22(14-12-20)33-29(35)27-21-15-23(19-8-3-2-4-9-19)24(16-21)28(27)30(33)36/h2-14,21,23-24,27-28H,15-17H2,1H3,(H,32,34)/t21-,23-,24+,27+,28+/m0/s1. The first-order valence-electron chi connectivity index (χ1n) is 13.0. The Kier molecular flexibility index (Phi) is 6.06. The van der Waals surface area contributed by atoms with Gasteiger partial charge in [-0.3, -0.25) is 19.3 Å². The molecule has 1 N–H and O–H groups in total. The van der Waals surface area contributed by atoms with Gasteiger partial charge in [-0.05, 0) is 79.0 Å². The summed E-state index contributed by atoms with van der Waals surface area (Å²) in [6.07, 6.45) is 1.85. The van der Waals surface area contributed by atoms with Gasteiger partial charge in [-0.1, -0.05) is 48.5 Å². The molecule has 2 aliphatic carbocycles. The summed E-state index contributed by atoms with van der Waals surface area (Å²) in [5.74, 6) is -1.22. The van der Waals surface area contributed by atoms with Crippen molar-refractivity contribution in [2.75, 3.05) is 16.8 Å². The van der Waals surface area contributed by atoms with Crippen LogP contribution in [0.2, 0.25) is 0 Å². The van der Waals surface area contributed by atoms with Gasteiger partial charge in [0.1, 0.15) is 0 Å². The van der Waals surface area contributed by atoms with E-state index >= 15 is 0 Å². The zero-order valence-corrected chi connectivity index (χ0v) is 21.0. The van der Waals surface area contributed by atoms with E-state index in [1.165, 1.54) is 22.6 Å². The van der Waals surface area contributed by atoms with Crippen molar-refractivity contribution < 1.29 is 23.9 Å². The molecule has 0 unspecified atom stereocenters. The Morgan fingerprint density at radius 1 is 0.868 bits per heavy atom. The van der Waals surface area contributed by atoms with E-state index in [0.717, 1.165) is 18.4 Å². The Bertz CT molecular complexity index is 1420. The van der Waals surface area contributed by atoms with Crippen molar-refractivity contribution in [3.05, 3.63) is 95.6 Å². The molecule has 3 aromatic carbocycles. The molecule has 192 valence electrons. The molecule has 1 aliphatic heterocycles. The molecule has 7 heteroatoms. The van der Waals surface area contributed by atoms with Crippen LogP contribution >= 0.6 is 0 Å². The van der Waals surface area contributed by atoms with Crippen LogP contribution in [0.15, 0.2) is 78.9 Å². The summed E-state index contributed by atoms with van der Waals surface area (Å²) < 4.78 is 5.16. The highest BCUT2D eigenvalue weighted by molar-refractivity contribution is 6.22. The van der Waals surface area contributed by atoms with Crippen LogP contribution in [0.5, 0.6) is 0 Å². The molecule has 3 fully saturated rings. The number of amides is 3. The van der Waals surface area contributed by atoms with Crippen LogP contribution in [-0.4, -0.2) is 30.3 Å². The molecular formula is C31H28N2O5. The SMILES string of the molecule is Cc1ccccc1NC(=O)COC(=O)c1ccc(N2C(=O)[C@@H]3[C@@H]4C[C@@H]([C@H]3C2=O)[C@H](c2ccccc2)C4)cc1. The molecule has 3 aromatic rings. The first-order chi connectivity index (χ1) is 18.4. The Balaban J connectivity index is 1.11. The lowest BCUT2D eigenvalue weighted by molar-refractivity contribution is -0.123. The first kappa shape index (κ1) is 24.1. The van der Waals surface area contributed by atoms with Gasteiger partial charge in [0.2, 0.25) is 11.8 Å². The third-order valence-corrected chi connectivity index (χ3v) is 8.36. The van der Waals surface area contributed by atoms with Crippen molar-refractivity contribution in [1.82, 2.24) is 0 Å². The second-order valence-corrected chi connectivity index (χ2v) is 10.5. The van der Waals surface area contributed by atoms with E-state index in [1.54, 1.807) is 18.2 Å². The summed E-state index contributed by atoms with van der Waals surface area (Å²) in [4.78, 5) is 52.9. The fraction of sp³-hybridized carbons (Fsp3) is 0.290. The lowest BCUT2D eigenvalue weighted by Crippen LogP contribution is -2.33.